The van der Waals surface area contributed by atoms with Gasteiger partial charge < -0.3 is 14.8 Å². The van der Waals surface area contributed by atoms with Crippen molar-refractivity contribution in [2.45, 2.75) is 13.6 Å². The van der Waals surface area contributed by atoms with Gasteiger partial charge in [-0.05, 0) is 12.1 Å². The number of anilines is 1. The highest BCUT2D eigenvalue weighted by atomic mass is 35.5. The van der Waals surface area contributed by atoms with E-state index in [-0.39, 0.29) is 39.0 Å². The second-order valence-electron chi connectivity index (χ2n) is 5.14. The predicted octanol–water partition coefficient (Wildman–Crippen LogP) is 3.76. The molecule has 0 radical (unpaired) electrons. The summed E-state index contributed by atoms with van der Waals surface area (Å²) in [6, 6.07) is 3.92. The standard InChI is InChI=1S/C17H15ClF2N2O4/c1-8(23)21-12-6-11(22-15(13(12)18)17(24)26-3)10-5-4-9(7-19)16(25-2)14(10)20/h4-6H,7H2,1-3H3,(H,21,22,23). The molecule has 0 fully saturated rings. The summed E-state index contributed by atoms with van der Waals surface area (Å²) in [7, 11) is 2.34. The van der Waals surface area contributed by atoms with Crippen molar-refractivity contribution < 1.29 is 27.8 Å². The van der Waals surface area contributed by atoms with E-state index in [2.05, 4.69) is 15.0 Å². The highest BCUT2D eigenvalue weighted by Crippen LogP contribution is 2.35. The smallest absolute Gasteiger partial charge is 0.358 e. The van der Waals surface area contributed by atoms with Gasteiger partial charge in [-0.1, -0.05) is 17.7 Å². The number of hydrogen-bond donors (Lipinski definition) is 1. The van der Waals surface area contributed by atoms with Crippen LogP contribution >= 0.6 is 11.6 Å². The highest BCUT2D eigenvalue weighted by molar-refractivity contribution is 6.36. The largest absolute Gasteiger partial charge is 0.493 e. The quantitative estimate of drug-likeness (QED) is 0.794. The number of nitrogens with one attached hydrogen (secondary N) is 1. The maximum absolute atomic E-state index is 14.7. The third-order valence-corrected chi connectivity index (χ3v) is 3.83. The van der Waals surface area contributed by atoms with Gasteiger partial charge in [-0.3, -0.25) is 4.79 Å². The number of benzene rings is 1. The SMILES string of the molecule is COC(=O)c1nc(-c2ccc(CF)c(OC)c2F)cc(NC(C)=O)c1Cl. The summed E-state index contributed by atoms with van der Waals surface area (Å²) in [5, 5.41) is 2.29. The van der Waals surface area contributed by atoms with Crippen molar-refractivity contribution in [3.05, 3.63) is 40.3 Å². The number of halogens is 3. The number of nitrogens with zero attached hydrogens (tertiary/aromatic N) is 1. The monoisotopic (exact) mass is 384 g/mol. The van der Waals surface area contributed by atoms with Crippen LogP contribution in [0.1, 0.15) is 23.0 Å². The van der Waals surface area contributed by atoms with Crippen LogP contribution in [0.5, 0.6) is 5.75 Å². The van der Waals surface area contributed by atoms with Crippen LogP contribution in [-0.2, 0) is 16.2 Å². The first kappa shape index (κ1) is 19.6. The van der Waals surface area contributed by atoms with Gasteiger partial charge in [0.1, 0.15) is 6.67 Å². The van der Waals surface area contributed by atoms with Gasteiger partial charge in [-0.15, -0.1) is 0 Å². The van der Waals surface area contributed by atoms with Gasteiger partial charge in [-0.25, -0.2) is 18.6 Å². The number of pyridine rings is 1. The molecule has 0 saturated carbocycles. The summed E-state index contributed by atoms with van der Waals surface area (Å²) in [4.78, 5) is 27.3. The Morgan fingerprint density at radius 3 is 2.54 bits per heavy atom. The molecule has 1 amide bonds. The first-order valence-electron chi connectivity index (χ1n) is 7.32. The van der Waals surface area contributed by atoms with E-state index >= 15 is 0 Å². The second kappa shape index (κ2) is 8.09. The van der Waals surface area contributed by atoms with Gasteiger partial charge in [0, 0.05) is 18.1 Å². The topological polar surface area (TPSA) is 77.5 Å². The lowest BCUT2D eigenvalue weighted by Gasteiger charge is -2.14. The van der Waals surface area contributed by atoms with Gasteiger partial charge in [-0.2, -0.15) is 0 Å². The number of esters is 1. The van der Waals surface area contributed by atoms with E-state index in [0.717, 1.165) is 7.11 Å². The molecule has 0 aliphatic rings. The fourth-order valence-corrected chi connectivity index (χ4v) is 2.52. The lowest BCUT2D eigenvalue weighted by molar-refractivity contribution is -0.114. The van der Waals surface area contributed by atoms with Crippen LogP contribution in [0.2, 0.25) is 5.02 Å². The van der Waals surface area contributed by atoms with Gasteiger partial charge in [0.15, 0.2) is 17.3 Å². The van der Waals surface area contributed by atoms with E-state index in [1.807, 2.05) is 0 Å². The first-order chi connectivity index (χ1) is 12.3. The van der Waals surface area contributed by atoms with E-state index in [4.69, 9.17) is 16.3 Å². The third kappa shape index (κ3) is 3.75. The Labute approximate surface area is 153 Å². The Morgan fingerprint density at radius 1 is 1.31 bits per heavy atom. The molecular formula is C17H15ClF2N2O4. The van der Waals surface area contributed by atoms with Gasteiger partial charge in [0.2, 0.25) is 5.91 Å². The molecule has 2 rings (SSSR count). The molecule has 26 heavy (non-hydrogen) atoms. The van der Waals surface area contributed by atoms with Crippen LogP contribution in [0.25, 0.3) is 11.3 Å². The molecule has 0 aliphatic heterocycles. The van der Waals surface area contributed by atoms with Crippen LogP contribution in [0.15, 0.2) is 18.2 Å². The molecule has 0 bridgehead atoms. The summed E-state index contributed by atoms with van der Waals surface area (Å²) in [5.41, 5.74) is -0.300. The van der Waals surface area contributed by atoms with Crippen LogP contribution in [0.4, 0.5) is 14.5 Å². The number of rotatable bonds is 5. The second-order valence-corrected chi connectivity index (χ2v) is 5.52. The average Bonchev–Trinajstić information content (AvgIpc) is 2.62. The number of hydrogen-bond acceptors (Lipinski definition) is 5. The van der Waals surface area contributed by atoms with E-state index in [0.29, 0.717) is 0 Å². The lowest BCUT2D eigenvalue weighted by atomic mass is 10.1. The molecule has 0 atom stereocenters. The van der Waals surface area contributed by atoms with E-state index in [1.165, 1.54) is 32.2 Å². The minimum absolute atomic E-state index is 0.0141. The summed E-state index contributed by atoms with van der Waals surface area (Å²) in [6.45, 7) is 0.326. The number of carbonyl (C=O) groups is 2. The summed E-state index contributed by atoms with van der Waals surface area (Å²) < 4.78 is 37.3. The molecule has 9 heteroatoms. The minimum atomic E-state index is -0.918. The van der Waals surface area contributed by atoms with Crippen molar-refractivity contribution in [1.29, 1.82) is 0 Å². The number of amides is 1. The van der Waals surface area contributed by atoms with E-state index < -0.39 is 24.4 Å². The third-order valence-electron chi connectivity index (χ3n) is 3.45. The molecule has 0 saturated heterocycles. The fraction of sp³-hybridized carbons (Fsp3) is 0.235. The Hall–Kier alpha value is -2.74. The van der Waals surface area contributed by atoms with E-state index in [1.54, 1.807) is 0 Å². The van der Waals surface area contributed by atoms with Crippen LogP contribution in [-0.4, -0.2) is 31.1 Å². The van der Waals surface area contributed by atoms with Crippen molar-refractivity contribution in [2.75, 3.05) is 19.5 Å². The molecule has 138 valence electrons. The van der Waals surface area contributed by atoms with Crippen LogP contribution < -0.4 is 10.1 Å². The normalized spacial score (nSPS) is 10.4. The zero-order valence-corrected chi connectivity index (χ0v) is 14.9. The van der Waals surface area contributed by atoms with Gasteiger partial charge in [0.05, 0.1) is 30.6 Å². The number of aromatic nitrogens is 1. The molecular weight excluding hydrogens is 370 g/mol. The average molecular weight is 385 g/mol. The molecule has 6 nitrogen and oxygen atoms in total. The Kier molecular flexibility index (Phi) is 6.10. The minimum Gasteiger partial charge on any atom is -0.493 e. The summed E-state index contributed by atoms with van der Waals surface area (Å²) >= 11 is 6.09. The number of ether oxygens (including phenoxy) is 2. The number of methoxy groups -OCH3 is 2. The van der Waals surface area contributed by atoms with Crippen molar-refractivity contribution >= 4 is 29.2 Å². The summed E-state index contributed by atoms with van der Waals surface area (Å²) in [5.74, 6) is -2.45. The molecule has 0 spiro atoms. The Bertz CT molecular complexity index is 874. The maximum atomic E-state index is 14.7. The maximum Gasteiger partial charge on any atom is 0.358 e. The molecule has 0 aliphatic carbocycles. The van der Waals surface area contributed by atoms with Crippen molar-refractivity contribution in [1.82, 2.24) is 4.98 Å². The Morgan fingerprint density at radius 2 is 2.00 bits per heavy atom. The molecule has 1 aromatic heterocycles. The van der Waals surface area contributed by atoms with Crippen molar-refractivity contribution in [2.24, 2.45) is 0 Å². The predicted molar refractivity (Wildman–Crippen MR) is 91.6 cm³/mol. The number of carbonyl (C=O) groups excluding carboxylic acids is 2. The molecule has 0 unspecified atom stereocenters. The molecule has 2 aromatic rings. The van der Waals surface area contributed by atoms with Gasteiger partial charge in [0.25, 0.3) is 0 Å². The molecule has 1 N–H and O–H groups in total. The first-order valence-corrected chi connectivity index (χ1v) is 7.69. The highest BCUT2D eigenvalue weighted by Gasteiger charge is 2.22. The van der Waals surface area contributed by atoms with Crippen molar-refractivity contribution in [3.63, 3.8) is 0 Å². The number of alkyl halides is 1. The molecule has 1 heterocycles. The zero-order valence-electron chi connectivity index (χ0n) is 14.2. The summed E-state index contributed by atoms with van der Waals surface area (Å²) in [6.07, 6.45) is 0. The fourth-order valence-electron chi connectivity index (χ4n) is 2.30. The van der Waals surface area contributed by atoms with E-state index in [9.17, 15) is 18.4 Å². The zero-order chi connectivity index (χ0) is 19.4. The van der Waals surface area contributed by atoms with Gasteiger partial charge >= 0.3 is 5.97 Å². The lowest BCUT2D eigenvalue weighted by Crippen LogP contribution is -2.12. The van der Waals surface area contributed by atoms with Crippen molar-refractivity contribution in [3.8, 4) is 17.0 Å². The van der Waals surface area contributed by atoms with Crippen LogP contribution in [0.3, 0.4) is 0 Å². The molecule has 1 aromatic carbocycles. The Balaban J connectivity index is 2.73. The van der Waals surface area contributed by atoms with Crippen LogP contribution in [0, 0.1) is 5.82 Å².